The van der Waals surface area contributed by atoms with Crippen LogP contribution >= 0.6 is 11.6 Å². The van der Waals surface area contributed by atoms with Crippen molar-refractivity contribution >= 4 is 17.3 Å². The fraction of sp³-hybridized carbons (Fsp3) is 0.250. The number of aryl methyl sites for hydroxylation is 1. The van der Waals surface area contributed by atoms with Crippen LogP contribution in [0, 0.1) is 6.92 Å². The van der Waals surface area contributed by atoms with Gasteiger partial charge in [-0.25, -0.2) is 0 Å². The van der Waals surface area contributed by atoms with Crippen LogP contribution in [0.15, 0.2) is 36.4 Å². The molecule has 2 rings (SSSR count). The fourth-order valence-corrected chi connectivity index (χ4v) is 2.04. The van der Waals surface area contributed by atoms with Crippen molar-refractivity contribution in [2.75, 3.05) is 12.3 Å². The Hall–Kier alpha value is -1.87. The maximum atomic E-state index is 5.93. The molecule has 4 heteroatoms. The lowest BCUT2D eigenvalue weighted by Gasteiger charge is -2.12. The lowest BCUT2D eigenvalue weighted by Crippen LogP contribution is -1.97. The second kappa shape index (κ2) is 6.53. The summed E-state index contributed by atoms with van der Waals surface area (Å²) in [6.07, 6.45) is 0.946. The van der Waals surface area contributed by atoms with Gasteiger partial charge in [0.2, 0.25) is 0 Å². The van der Waals surface area contributed by atoms with Gasteiger partial charge in [0, 0.05) is 28.9 Å². The summed E-state index contributed by atoms with van der Waals surface area (Å²) in [6.45, 7) is 4.66. The van der Waals surface area contributed by atoms with E-state index < -0.39 is 0 Å². The van der Waals surface area contributed by atoms with Crippen LogP contribution in [0.5, 0.6) is 17.2 Å². The predicted molar refractivity (Wildman–Crippen MR) is 82.9 cm³/mol. The van der Waals surface area contributed by atoms with Crippen molar-refractivity contribution in [1.29, 1.82) is 0 Å². The van der Waals surface area contributed by atoms with Crippen LogP contribution in [0.1, 0.15) is 18.9 Å². The van der Waals surface area contributed by atoms with Gasteiger partial charge in [-0.3, -0.25) is 0 Å². The van der Waals surface area contributed by atoms with Gasteiger partial charge in [0.15, 0.2) is 0 Å². The Morgan fingerprint density at radius 2 is 1.85 bits per heavy atom. The highest BCUT2D eigenvalue weighted by Gasteiger charge is 2.05. The maximum absolute atomic E-state index is 5.93. The third kappa shape index (κ3) is 3.81. The normalized spacial score (nSPS) is 10.3. The van der Waals surface area contributed by atoms with Gasteiger partial charge in [0.05, 0.1) is 6.61 Å². The minimum absolute atomic E-state index is 0.611. The molecule has 106 valence electrons. The van der Waals surface area contributed by atoms with Crippen LogP contribution in [-0.2, 0) is 0 Å². The summed E-state index contributed by atoms with van der Waals surface area (Å²) in [5.41, 5.74) is 7.45. The van der Waals surface area contributed by atoms with Gasteiger partial charge in [-0.2, -0.15) is 0 Å². The first kappa shape index (κ1) is 14.5. The van der Waals surface area contributed by atoms with Gasteiger partial charge in [0.25, 0.3) is 0 Å². The summed E-state index contributed by atoms with van der Waals surface area (Å²) in [5, 5.41) is 0.689. The molecule has 0 heterocycles. The molecule has 20 heavy (non-hydrogen) atoms. The van der Waals surface area contributed by atoms with Crippen molar-refractivity contribution in [2.45, 2.75) is 20.3 Å². The van der Waals surface area contributed by atoms with Crippen molar-refractivity contribution in [2.24, 2.45) is 0 Å². The number of ether oxygens (including phenoxy) is 2. The highest BCUT2D eigenvalue weighted by molar-refractivity contribution is 6.30. The average molecular weight is 292 g/mol. The Morgan fingerprint density at radius 1 is 1.10 bits per heavy atom. The summed E-state index contributed by atoms with van der Waals surface area (Å²) >= 11 is 5.93. The van der Waals surface area contributed by atoms with E-state index in [1.165, 1.54) is 0 Å². The molecule has 0 aromatic heterocycles. The molecule has 2 aromatic carbocycles. The Bertz CT molecular complexity index is 599. The third-order valence-electron chi connectivity index (χ3n) is 2.74. The molecule has 0 radical (unpaired) electrons. The number of benzene rings is 2. The third-order valence-corrected chi connectivity index (χ3v) is 2.98. The lowest BCUT2D eigenvalue weighted by molar-refractivity contribution is 0.316. The van der Waals surface area contributed by atoms with E-state index in [0.29, 0.717) is 28.8 Å². The molecule has 2 aromatic rings. The molecule has 0 saturated carbocycles. The van der Waals surface area contributed by atoms with E-state index in [4.69, 9.17) is 26.8 Å². The first-order chi connectivity index (χ1) is 9.58. The molecule has 0 aliphatic carbocycles. The van der Waals surface area contributed by atoms with Gasteiger partial charge >= 0.3 is 0 Å². The number of halogens is 1. The highest BCUT2D eigenvalue weighted by atomic mass is 35.5. The number of rotatable bonds is 5. The van der Waals surface area contributed by atoms with Crippen LogP contribution in [0.2, 0.25) is 5.02 Å². The Kier molecular flexibility index (Phi) is 4.74. The number of hydrogen-bond acceptors (Lipinski definition) is 3. The summed E-state index contributed by atoms with van der Waals surface area (Å²) in [5.74, 6) is 2.12. The predicted octanol–water partition coefficient (Wildman–Crippen LogP) is 4.81. The number of hydrogen-bond donors (Lipinski definition) is 1. The zero-order valence-electron chi connectivity index (χ0n) is 11.7. The minimum atomic E-state index is 0.611. The number of nitrogen functional groups attached to an aromatic ring is 1. The van der Waals surface area contributed by atoms with Crippen LogP contribution < -0.4 is 15.2 Å². The second-order valence-electron chi connectivity index (χ2n) is 4.60. The topological polar surface area (TPSA) is 44.5 Å². The first-order valence-corrected chi connectivity index (χ1v) is 6.93. The maximum Gasteiger partial charge on any atom is 0.133 e. The molecule has 0 bridgehead atoms. The number of nitrogens with two attached hydrogens (primary N) is 1. The van der Waals surface area contributed by atoms with E-state index in [-0.39, 0.29) is 0 Å². The van der Waals surface area contributed by atoms with Crippen LogP contribution in [0.4, 0.5) is 5.69 Å². The van der Waals surface area contributed by atoms with Crippen molar-refractivity contribution in [3.05, 3.63) is 47.0 Å². The van der Waals surface area contributed by atoms with Crippen molar-refractivity contribution in [3.63, 3.8) is 0 Å². The van der Waals surface area contributed by atoms with E-state index in [9.17, 15) is 0 Å². The molecule has 0 fully saturated rings. The molecule has 2 N–H and O–H groups in total. The van der Waals surface area contributed by atoms with Gasteiger partial charge in [-0.1, -0.05) is 18.5 Å². The zero-order valence-corrected chi connectivity index (χ0v) is 12.4. The van der Waals surface area contributed by atoms with E-state index in [2.05, 4.69) is 6.92 Å². The Balaban J connectivity index is 2.21. The van der Waals surface area contributed by atoms with Crippen molar-refractivity contribution < 1.29 is 9.47 Å². The SMILES string of the molecule is CCCOc1cc(N)cc(Oc2ccc(Cl)cc2C)c1. The van der Waals surface area contributed by atoms with Crippen LogP contribution in [-0.4, -0.2) is 6.61 Å². The molecule has 0 atom stereocenters. The molecule has 0 spiro atoms. The monoisotopic (exact) mass is 291 g/mol. The van der Waals surface area contributed by atoms with E-state index in [1.807, 2.05) is 25.1 Å². The summed E-state index contributed by atoms with van der Waals surface area (Å²) in [4.78, 5) is 0. The zero-order chi connectivity index (χ0) is 14.5. The van der Waals surface area contributed by atoms with E-state index in [0.717, 1.165) is 17.7 Å². The smallest absolute Gasteiger partial charge is 0.133 e. The summed E-state index contributed by atoms with van der Waals surface area (Å²) < 4.78 is 11.4. The molecular formula is C16H18ClNO2. The molecule has 0 saturated heterocycles. The Morgan fingerprint density at radius 3 is 2.55 bits per heavy atom. The highest BCUT2D eigenvalue weighted by Crippen LogP contribution is 2.31. The molecule has 0 aliphatic heterocycles. The van der Waals surface area contributed by atoms with Crippen LogP contribution in [0.25, 0.3) is 0 Å². The van der Waals surface area contributed by atoms with Gasteiger partial charge in [0.1, 0.15) is 17.2 Å². The Labute approximate surface area is 124 Å². The minimum Gasteiger partial charge on any atom is -0.493 e. The summed E-state index contributed by atoms with van der Waals surface area (Å²) in [6, 6.07) is 10.9. The van der Waals surface area contributed by atoms with Crippen molar-refractivity contribution in [3.8, 4) is 17.2 Å². The quantitative estimate of drug-likeness (QED) is 0.804. The van der Waals surface area contributed by atoms with Gasteiger partial charge < -0.3 is 15.2 Å². The standard InChI is InChI=1S/C16H18ClNO2/c1-3-6-19-14-8-13(18)9-15(10-14)20-16-5-4-12(17)7-11(16)2/h4-5,7-10H,3,6,18H2,1-2H3. The molecule has 0 aliphatic rings. The van der Waals surface area contributed by atoms with Crippen LogP contribution in [0.3, 0.4) is 0 Å². The number of anilines is 1. The molecule has 3 nitrogen and oxygen atoms in total. The van der Waals surface area contributed by atoms with E-state index >= 15 is 0 Å². The molecule has 0 unspecified atom stereocenters. The largest absolute Gasteiger partial charge is 0.493 e. The van der Waals surface area contributed by atoms with Crippen molar-refractivity contribution in [1.82, 2.24) is 0 Å². The first-order valence-electron chi connectivity index (χ1n) is 6.56. The van der Waals surface area contributed by atoms with Gasteiger partial charge in [-0.15, -0.1) is 0 Å². The summed E-state index contributed by atoms with van der Waals surface area (Å²) in [7, 11) is 0. The average Bonchev–Trinajstić information content (AvgIpc) is 2.39. The lowest BCUT2D eigenvalue weighted by atomic mass is 10.2. The van der Waals surface area contributed by atoms with Gasteiger partial charge in [-0.05, 0) is 37.1 Å². The fourth-order valence-electron chi connectivity index (χ4n) is 1.81. The molecular weight excluding hydrogens is 274 g/mol. The second-order valence-corrected chi connectivity index (χ2v) is 5.03. The molecule has 0 amide bonds. The van der Waals surface area contributed by atoms with E-state index in [1.54, 1.807) is 18.2 Å².